The number of benzene rings is 1. The number of rotatable bonds is 4. The Bertz CT molecular complexity index is 810. The van der Waals surface area contributed by atoms with Gasteiger partial charge in [-0.25, -0.2) is 4.39 Å². The maximum atomic E-state index is 13.0. The number of carbonyl (C=O) groups excluding carboxylic acids is 1. The number of nitrogens with two attached hydrogens (primary N) is 1. The minimum Gasteiger partial charge on any atom is -0.365 e. The molecule has 1 aromatic carbocycles. The standard InChI is InChI=1S/C17H19FN6O/c18-11-1-4-13(5-2-11)22-17-14(16(21)25)9-24(23-17)15-6-3-12(20)7-10(15)8-19/h1-2,4-5,9-10,12,15H,3,6-7,20H2,(H2,21,25)(H,22,23)/p+1/t10-,12+,15?/m1/s1. The van der Waals surface area contributed by atoms with E-state index in [-0.39, 0.29) is 29.4 Å². The van der Waals surface area contributed by atoms with Crippen LogP contribution in [0.2, 0.25) is 0 Å². The molecule has 0 bridgehead atoms. The second kappa shape index (κ2) is 6.91. The van der Waals surface area contributed by atoms with Gasteiger partial charge in [0.1, 0.15) is 11.4 Å². The van der Waals surface area contributed by atoms with E-state index in [1.807, 2.05) is 0 Å². The van der Waals surface area contributed by atoms with Gasteiger partial charge < -0.3 is 16.8 Å². The Balaban J connectivity index is 1.90. The highest BCUT2D eigenvalue weighted by atomic mass is 19.1. The van der Waals surface area contributed by atoms with E-state index in [1.54, 1.807) is 23.0 Å². The van der Waals surface area contributed by atoms with Crippen LogP contribution in [0.15, 0.2) is 30.5 Å². The number of anilines is 2. The van der Waals surface area contributed by atoms with Crippen molar-refractivity contribution in [2.24, 2.45) is 11.7 Å². The molecule has 130 valence electrons. The first-order chi connectivity index (χ1) is 12.0. The first kappa shape index (κ1) is 16.9. The zero-order valence-corrected chi connectivity index (χ0v) is 13.7. The smallest absolute Gasteiger partial charge is 0.254 e. The maximum absolute atomic E-state index is 13.0. The van der Waals surface area contributed by atoms with E-state index >= 15 is 0 Å². The summed E-state index contributed by atoms with van der Waals surface area (Å²) in [5, 5.41) is 16.8. The lowest BCUT2D eigenvalue weighted by Crippen LogP contribution is -2.63. The number of amides is 1. The molecule has 2 aromatic rings. The first-order valence-corrected chi connectivity index (χ1v) is 8.12. The van der Waals surface area contributed by atoms with Gasteiger partial charge in [-0.15, -0.1) is 0 Å². The molecule has 0 radical (unpaired) electrons. The predicted octanol–water partition coefficient (Wildman–Crippen LogP) is 1.34. The van der Waals surface area contributed by atoms with E-state index in [1.165, 1.54) is 12.1 Å². The zero-order valence-electron chi connectivity index (χ0n) is 13.7. The molecule has 25 heavy (non-hydrogen) atoms. The molecule has 7 nitrogen and oxygen atoms in total. The number of primary amides is 1. The number of nitriles is 1. The van der Waals surface area contributed by atoms with Gasteiger partial charge in [-0.05, 0) is 30.7 Å². The number of halogens is 1. The van der Waals surface area contributed by atoms with Crippen molar-refractivity contribution in [1.29, 1.82) is 5.26 Å². The van der Waals surface area contributed by atoms with E-state index in [2.05, 4.69) is 22.2 Å². The monoisotopic (exact) mass is 343 g/mol. The third-order valence-corrected chi connectivity index (χ3v) is 4.53. The van der Waals surface area contributed by atoms with Crippen molar-refractivity contribution in [2.75, 3.05) is 5.32 Å². The number of aromatic nitrogens is 2. The zero-order chi connectivity index (χ0) is 18.0. The molecule has 0 saturated heterocycles. The number of hydrogen-bond donors (Lipinski definition) is 3. The molecule has 8 heteroatoms. The second-order valence-corrected chi connectivity index (χ2v) is 6.35. The van der Waals surface area contributed by atoms with Gasteiger partial charge in [0.2, 0.25) is 0 Å². The molecule has 3 rings (SSSR count). The summed E-state index contributed by atoms with van der Waals surface area (Å²) >= 11 is 0. The third-order valence-electron chi connectivity index (χ3n) is 4.53. The number of carbonyl (C=O) groups is 1. The molecule has 1 heterocycles. The fraction of sp³-hybridized carbons (Fsp3) is 0.353. The van der Waals surface area contributed by atoms with Gasteiger partial charge in [0, 0.05) is 24.7 Å². The van der Waals surface area contributed by atoms with Crippen LogP contribution in [0.25, 0.3) is 0 Å². The molecule has 3 atom stereocenters. The number of nitrogens with one attached hydrogen (secondary N) is 1. The van der Waals surface area contributed by atoms with Crippen LogP contribution in [0.5, 0.6) is 0 Å². The van der Waals surface area contributed by atoms with Crippen LogP contribution >= 0.6 is 0 Å². The highest BCUT2D eigenvalue weighted by molar-refractivity contribution is 5.98. The lowest BCUT2D eigenvalue weighted by atomic mass is 9.83. The average molecular weight is 343 g/mol. The Kier molecular flexibility index (Phi) is 4.67. The summed E-state index contributed by atoms with van der Waals surface area (Å²) in [6.07, 6.45) is 3.94. The molecule has 1 saturated carbocycles. The fourth-order valence-electron chi connectivity index (χ4n) is 3.20. The van der Waals surface area contributed by atoms with Gasteiger partial charge in [-0.2, -0.15) is 10.4 Å². The first-order valence-electron chi connectivity index (χ1n) is 8.12. The molecule has 1 aliphatic rings. The summed E-state index contributed by atoms with van der Waals surface area (Å²) in [6, 6.07) is 8.16. The van der Waals surface area contributed by atoms with Gasteiger partial charge in [0.05, 0.1) is 24.1 Å². The lowest BCUT2D eigenvalue weighted by molar-refractivity contribution is -0.428. The quantitative estimate of drug-likeness (QED) is 0.774. The van der Waals surface area contributed by atoms with Gasteiger partial charge in [0.25, 0.3) is 5.91 Å². The fourth-order valence-corrected chi connectivity index (χ4v) is 3.20. The van der Waals surface area contributed by atoms with Crippen molar-refractivity contribution in [2.45, 2.75) is 31.3 Å². The molecular weight excluding hydrogens is 323 g/mol. The Morgan fingerprint density at radius 3 is 2.76 bits per heavy atom. The van der Waals surface area contributed by atoms with E-state index in [0.29, 0.717) is 17.9 Å². The van der Waals surface area contributed by atoms with Crippen molar-refractivity contribution in [3.05, 3.63) is 41.8 Å². The third kappa shape index (κ3) is 3.61. The predicted molar refractivity (Wildman–Crippen MR) is 89.1 cm³/mol. The van der Waals surface area contributed by atoms with Crippen molar-refractivity contribution in [1.82, 2.24) is 9.78 Å². The molecule has 1 amide bonds. The van der Waals surface area contributed by atoms with Crippen LogP contribution in [0, 0.1) is 23.1 Å². The molecule has 0 spiro atoms. The van der Waals surface area contributed by atoms with Gasteiger partial charge in [-0.1, -0.05) is 0 Å². The molecule has 1 aliphatic carbocycles. The second-order valence-electron chi connectivity index (χ2n) is 6.35. The van der Waals surface area contributed by atoms with Crippen molar-refractivity contribution >= 4 is 17.4 Å². The van der Waals surface area contributed by atoms with Crippen molar-refractivity contribution in [3.63, 3.8) is 0 Å². The minimum atomic E-state index is -0.616. The van der Waals surface area contributed by atoms with E-state index in [9.17, 15) is 14.4 Å². The molecule has 6 N–H and O–H groups in total. The lowest BCUT2D eigenvalue weighted by Gasteiger charge is -2.28. The Morgan fingerprint density at radius 1 is 1.40 bits per heavy atom. The SMILES string of the molecule is N#C[C@H]1C[C@@H]([NH3+])CCC1n1cc(C(N)=O)c(Nc2ccc(F)cc2)n1. The van der Waals surface area contributed by atoms with Gasteiger partial charge in [-0.3, -0.25) is 9.48 Å². The Labute approximate surface area is 144 Å². The van der Waals surface area contributed by atoms with E-state index in [4.69, 9.17) is 5.73 Å². The molecule has 1 unspecified atom stereocenters. The molecule has 1 aromatic heterocycles. The summed E-state index contributed by atoms with van der Waals surface area (Å²) < 4.78 is 14.7. The molecule has 1 fully saturated rings. The number of nitrogens with zero attached hydrogens (tertiary/aromatic N) is 3. The van der Waals surface area contributed by atoms with Crippen LogP contribution in [-0.4, -0.2) is 21.7 Å². The van der Waals surface area contributed by atoms with E-state index in [0.717, 1.165) is 12.8 Å². The Morgan fingerprint density at radius 2 is 2.12 bits per heavy atom. The van der Waals surface area contributed by atoms with E-state index < -0.39 is 5.91 Å². The molecular formula is C17H20FN6O+. The summed E-state index contributed by atoms with van der Waals surface area (Å²) in [5.74, 6) is -0.883. The topological polar surface area (TPSA) is 124 Å². The summed E-state index contributed by atoms with van der Waals surface area (Å²) in [7, 11) is 0. The normalized spacial score (nSPS) is 23.0. The average Bonchev–Trinajstić information content (AvgIpc) is 3.00. The van der Waals surface area contributed by atoms with Crippen LogP contribution in [0.4, 0.5) is 15.9 Å². The van der Waals surface area contributed by atoms with Gasteiger partial charge in [0.15, 0.2) is 5.82 Å². The van der Waals surface area contributed by atoms with Crippen LogP contribution in [0.1, 0.15) is 35.7 Å². The highest BCUT2D eigenvalue weighted by Crippen LogP contribution is 2.33. The van der Waals surface area contributed by atoms with Gasteiger partial charge >= 0.3 is 0 Å². The van der Waals surface area contributed by atoms with Crippen LogP contribution in [0.3, 0.4) is 0 Å². The maximum Gasteiger partial charge on any atom is 0.254 e. The minimum absolute atomic E-state index is 0.120. The highest BCUT2D eigenvalue weighted by Gasteiger charge is 2.33. The van der Waals surface area contributed by atoms with Crippen molar-refractivity contribution in [3.8, 4) is 6.07 Å². The number of hydrogen-bond acceptors (Lipinski definition) is 4. The number of quaternary nitrogens is 1. The Hall–Kier alpha value is -2.92. The van der Waals surface area contributed by atoms with Crippen molar-refractivity contribution < 1.29 is 14.9 Å². The van der Waals surface area contributed by atoms with Crippen LogP contribution in [-0.2, 0) is 0 Å². The molecule has 0 aliphatic heterocycles. The largest absolute Gasteiger partial charge is 0.365 e. The summed E-state index contributed by atoms with van der Waals surface area (Å²) in [4.78, 5) is 11.8. The summed E-state index contributed by atoms with van der Waals surface area (Å²) in [6.45, 7) is 0. The summed E-state index contributed by atoms with van der Waals surface area (Å²) in [5.41, 5.74) is 10.3. The van der Waals surface area contributed by atoms with Crippen LogP contribution < -0.4 is 16.8 Å².